The van der Waals surface area contributed by atoms with Gasteiger partial charge in [0.2, 0.25) is 0 Å². The highest BCUT2D eigenvalue weighted by atomic mass is 127. The van der Waals surface area contributed by atoms with Gasteiger partial charge in [-0.1, -0.05) is 0 Å². The van der Waals surface area contributed by atoms with Gasteiger partial charge in [-0.05, 0) is 81.5 Å². The van der Waals surface area contributed by atoms with E-state index in [9.17, 15) is 31.4 Å². The van der Waals surface area contributed by atoms with Crippen LogP contribution in [0.2, 0.25) is 0 Å². The van der Waals surface area contributed by atoms with Crippen LogP contribution in [-0.4, -0.2) is 45.1 Å². The van der Waals surface area contributed by atoms with Crippen LogP contribution in [0.3, 0.4) is 0 Å². The van der Waals surface area contributed by atoms with Crippen molar-refractivity contribution in [3.05, 3.63) is 21.5 Å². The Labute approximate surface area is 218 Å². The standard InChI is InChI=1S/C24H28F6IN3O2/c1-12(2)34-11-32-18-17(31)16(4-15(19(18)34)23(25,26)27)36-7-14-6-22(35,5-13(3)33-14)20-8-21(9-20,10-20)24(28,29)30/h4,11-14,33,35H,5-10H2,1-3H3/t13-,14-,20?,21?,22-/m0/s1. The maximum atomic E-state index is 14.0. The summed E-state index contributed by atoms with van der Waals surface area (Å²) < 4.78 is 89.8. The quantitative estimate of drug-likeness (QED) is 0.304. The van der Waals surface area contributed by atoms with Crippen molar-refractivity contribution in [3.8, 4) is 5.75 Å². The van der Waals surface area contributed by atoms with E-state index in [1.54, 1.807) is 13.8 Å². The molecule has 1 aromatic carbocycles. The second-order valence-corrected chi connectivity index (χ2v) is 12.4. The molecule has 4 aliphatic rings. The maximum absolute atomic E-state index is 14.0. The first-order valence-electron chi connectivity index (χ1n) is 12.0. The molecule has 0 radical (unpaired) electrons. The third-order valence-corrected chi connectivity index (χ3v) is 9.46. The Balaban J connectivity index is 1.37. The fraction of sp³-hybridized carbons (Fsp3) is 0.708. The summed E-state index contributed by atoms with van der Waals surface area (Å²) in [5.41, 5.74) is -4.34. The lowest BCUT2D eigenvalue weighted by Gasteiger charge is -2.76. The van der Waals surface area contributed by atoms with Crippen molar-refractivity contribution in [1.82, 2.24) is 14.9 Å². The summed E-state index contributed by atoms with van der Waals surface area (Å²) in [7, 11) is 0. The first-order valence-corrected chi connectivity index (χ1v) is 13.0. The number of ether oxygens (including phenoxy) is 1. The molecule has 36 heavy (non-hydrogen) atoms. The molecule has 0 amide bonds. The van der Waals surface area contributed by atoms with Crippen molar-refractivity contribution < 1.29 is 36.2 Å². The molecule has 4 fully saturated rings. The summed E-state index contributed by atoms with van der Waals surface area (Å²) in [6, 6.07) is 0.154. The molecule has 12 heteroatoms. The topological polar surface area (TPSA) is 59.3 Å². The largest absolute Gasteiger partial charge is 0.491 e. The lowest BCUT2D eigenvalue weighted by molar-refractivity contribution is -0.403. The maximum Gasteiger partial charge on any atom is 0.418 e. The van der Waals surface area contributed by atoms with Crippen molar-refractivity contribution in [1.29, 1.82) is 0 Å². The third kappa shape index (κ3) is 3.83. The van der Waals surface area contributed by atoms with E-state index in [1.807, 2.05) is 29.5 Å². The molecule has 1 saturated heterocycles. The Morgan fingerprint density at radius 1 is 1.19 bits per heavy atom. The second kappa shape index (κ2) is 8.11. The lowest BCUT2D eigenvalue weighted by atomic mass is 9.29. The fourth-order valence-electron chi connectivity index (χ4n) is 6.71. The summed E-state index contributed by atoms with van der Waals surface area (Å²) in [6.07, 6.45) is -7.19. The van der Waals surface area contributed by atoms with Crippen molar-refractivity contribution in [3.63, 3.8) is 0 Å². The number of fused-ring (bicyclic) bond motifs is 1. The van der Waals surface area contributed by atoms with Crippen LogP contribution in [0.1, 0.15) is 64.5 Å². The number of imidazole rings is 1. The van der Waals surface area contributed by atoms with Crippen LogP contribution < -0.4 is 10.1 Å². The highest BCUT2D eigenvalue weighted by molar-refractivity contribution is 14.1. The fourth-order valence-corrected chi connectivity index (χ4v) is 7.42. The molecule has 0 unspecified atom stereocenters. The zero-order valence-electron chi connectivity index (χ0n) is 20.0. The summed E-state index contributed by atoms with van der Waals surface area (Å²) in [5, 5.41) is 14.8. The van der Waals surface area contributed by atoms with Gasteiger partial charge in [-0.25, -0.2) is 4.98 Å². The van der Waals surface area contributed by atoms with E-state index < -0.39 is 40.4 Å². The van der Waals surface area contributed by atoms with Crippen LogP contribution in [0.15, 0.2) is 12.4 Å². The summed E-state index contributed by atoms with van der Waals surface area (Å²) in [4.78, 5) is 4.21. The zero-order chi connectivity index (χ0) is 26.5. The van der Waals surface area contributed by atoms with Crippen LogP contribution in [0.4, 0.5) is 26.3 Å². The summed E-state index contributed by atoms with van der Waals surface area (Å²) in [5.74, 6) is 0.0366. The molecule has 2 heterocycles. The van der Waals surface area contributed by atoms with E-state index in [1.165, 1.54) is 10.9 Å². The number of hydrogen-bond donors (Lipinski definition) is 2. The Morgan fingerprint density at radius 3 is 2.39 bits per heavy atom. The van der Waals surface area contributed by atoms with Crippen LogP contribution >= 0.6 is 22.6 Å². The van der Waals surface area contributed by atoms with Gasteiger partial charge >= 0.3 is 12.4 Å². The number of hydrogen-bond acceptors (Lipinski definition) is 4. The van der Waals surface area contributed by atoms with E-state index in [4.69, 9.17) is 4.74 Å². The van der Waals surface area contributed by atoms with Gasteiger partial charge in [0.25, 0.3) is 0 Å². The predicted octanol–water partition coefficient (Wildman–Crippen LogP) is 6.22. The number of aromatic nitrogens is 2. The van der Waals surface area contributed by atoms with Crippen molar-refractivity contribution in [2.75, 3.05) is 6.61 Å². The normalized spacial score (nSPS) is 34.6. The number of nitrogens with one attached hydrogen (secondary N) is 1. The van der Waals surface area contributed by atoms with Gasteiger partial charge in [0.05, 0.1) is 32.0 Å². The number of benzene rings is 1. The van der Waals surface area contributed by atoms with E-state index in [2.05, 4.69) is 10.3 Å². The molecule has 0 spiro atoms. The Morgan fingerprint density at radius 2 is 1.83 bits per heavy atom. The number of rotatable bonds is 5. The highest BCUT2D eigenvalue weighted by Crippen LogP contribution is 2.82. The van der Waals surface area contributed by atoms with Gasteiger partial charge in [0.15, 0.2) is 0 Å². The SMILES string of the molecule is CC(C)n1cnc2c(I)c(OC[C@@H]3C[C@](O)(C45CC(C(F)(F)F)(C4)C5)C[C@H](C)N3)cc(C(F)(F)F)c21. The molecule has 2 aromatic rings. The smallest absolute Gasteiger partial charge is 0.418 e. The van der Waals surface area contributed by atoms with Gasteiger partial charge < -0.3 is 19.7 Å². The molecule has 1 aliphatic heterocycles. The van der Waals surface area contributed by atoms with E-state index in [0.29, 0.717) is 9.99 Å². The van der Waals surface area contributed by atoms with Crippen molar-refractivity contribution >= 4 is 33.6 Å². The number of aliphatic hydroxyl groups is 1. The minimum atomic E-state index is -4.62. The van der Waals surface area contributed by atoms with Gasteiger partial charge in [-0.15, -0.1) is 0 Å². The van der Waals surface area contributed by atoms with Crippen LogP contribution in [0, 0.1) is 14.4 Å². The average Bonchev–Trinajstić information content (AvgIpc) is 3.07. The van der Waals surface area contributed by atoms with E-state index >= 15 is 0 Å². The minimum absolute atomic E-state index is 0.00439. The molecule has 2 bridgehead atoms. The molecule has 5 nitrogen and oxygen atoms in total. The van der Waals surface area contributed by atoms with Crippen molar-refractivity contribution in [2.45, 2.75) is 89.0 Å². The molecule has 3 atom stereocenters. The summed E-state index contributed by atoms with van der Waals surface area (Å²) in [6.45, 7) is 5.37. The Hall–Kier alpha value is -1.28. The molecular formula is C24H28F6IN3O2. The van der Waals surface area contributed by atoms with Gasteiger partial charge in [-0.2, -0.15) is 26.3 Å². The molecule has 3 aliphatic carbocycles. The minimum Gasteiger partial charge on any atom is -0.491 e. The first kappa shape index (κ1) is 26.3. The molecule has 200 valence electrons. The number of halogens is 7. The van der Waals surface area contributed by atoms with Gasteiger partial charge in [0.1, 0.15) is 17.9 Å². The van der Waals surface area contributed by atoms with Gasteiger partial charge in [-0.3, -0.25) is 0 Å². The van der Waals surface area contributed by atoms with Gasteiger partial charge in [0, 0.05) is 23.5 Å². The Bertz CT molecular complexity index is 1170. The molecular weight excluding hydrogens is 603 g/mol. The van der Waals surface area contributed by atoms with Crippen LogP contribution in [-0.2, 0) is 6.18 Å². The monoisotopic (exact) mass is 631 g/mol. The molecule has 2 N–H and O–H groups in total. The highest BCUT2D eigenvalue weighted by Gasteiger charge is 2.83. The molecule has 3 saturated carbocycles. The van der Waals surface area contributed by atoms with Crippen LogP contribution in [0.25, 0.3) is 11.0 Å². The summed E-state index contributed by atoms with van der Waals surface area (Å²) >= 11 is 1.92. The number of piperidine rings is 1. The molecule has 1 aromatic heterocycles. The third-order valence-electron chi connectivity index (χ3n) is 8.42. The number of nitrogens with zero attached hydrogens (tertiary/aromatic N) is 2. The first-order chi connectivity index (χ1) is 16.5. The molecule has 6 rings (SSSR count). The van der Waals surface area contributed by atoms with E-state index in [-0.39, 0.29) is 61.2 Å². The van der Waals surface area contributed by atoms with E-state index in [0.717, 1.165) is 6.07 Å². The number of alkyl halides is 6. The Kier molecular flexibility index (Phi) is 5.93. The average molecular weight is 631 g/mol. The lowest BCUT2D eigenvalue weighted by Crippen LogP contribution is -2.78. The second-order valence-electron chi connectivity index (χ2n) is 11.3. The van der Waals surface area contributed by atoms with Crippen LogP contribution in [0.5, 0.6) is 5.75 Å². The zero-order valence-corrected chi connectivity index (χ0v) is 22.2. The van der Waals surface area contributed by atoms with Crippen molar-refractivity contribution in [2.24, 2.45) is 10.8 Å². The predicted molar refractivity (Wildman–Crippen MR) is 129 cm³/mol.